The molecule has 2 fully saturated rings. The minimum atomic E-state index is 0.631. The van der Waals surface area contributed by atoms with Crippen LogP contribution >= 0.6 is 11.8 Å². The molecule has 3 heterocycles. The van der Waals surface area contributed by atoms with Crippen LogP contribution in [0, 0.1) is 6.92 Å². The molecule has 0 saturated carbocycles. The summed E-state index contributed by atoms with van der Waals surface area (Å²) >= 11 is 2.08. The SMILES string of the molecule is Cc1ncc(CN2CCS[C@@H]3COCC[C@H]32)n1-c1ccccc1. The molecule has 4 nitrogen and oxygen atoms in total. The van der Waals surface area contributed by atoms with E-state index in [1.807, 2.05) is 6.20 Å². The Morgan fingerprint density at radius 2 is 2.17 bits per heavy atom. The van der Waals surface area contributed by atoms with Gasteiger partial charge in [0.2, 0.25) is 0 Å². The monoisotopic (exact) mass is 329 g/mol. The van der Waals surface area contributed by atoms with Crippen LogP contribution in [0.3, 0.4) is 0 Å². The Kier molecular flexibility index (Phi) is 4.42. The average molecular weight is 329 g/mol. The minimum absolute atomic E-state index is 0.631. The van der Waals surface area contributed by atoms with Crippen LogP contribution in [0.4, 0.5) is 0 Å². The van der Waals surface area contributed by atoms with Gasteiger partial charge in [-0.25, -0.2) is 4.98 Å². The van der Waals surface area contributed by atoms with E-state index in [1.54, 1.807) is 0 Å². The number of fused-ring (bicyclic) bond motifs is 1. The first-order valence-corrected chi connectivity index (χ1v) is 9.40. The van der Waals surface area contributed by atoms with Crippen LogP contribution < -0.4 is 0 Å². The number of nitrogens with zero attached hydrogens (tertiary/aromatic N) is 3. The summed E-state index contributed by atoms with van der Waals surface area (Å²) in [5, 5.41) is 0.631. The molecule has 2 saturated heterocycles. The highest BCUT2D eigenvalue weighted by molar-refractivity contribution is 8.00. The Morgan fingerprint density at radius 3 is 3.04 bits per heavy atom. The van der Waals surface area contributed by atoms with Crippen molar-refractivity contribution in [2.75, 3.05) is 25.5 Å². The predicted molar refractivity (Wildman–Crippen MR) is 94.2 cm³/mol. The number of imidazole rings is 1. The zero-order chi connectivity index (χ0) is 15.6. The highest BCUT2D eigenvalue weighted by Gasteiger charge is 2.34. The molecule has 0 N–H and O–H groups in total. The number of ether oxygens (including phenoxy) is 1. The first-order valence-electron chi connectivity index (χ1n) is 8.35. The summed E-state index contributed by atoms with van der Waals surface area (Å²) in [6.45, 7) is 6.01. The van der Waals surface area contributed by atoms with Gasteiger partial charge < -0.3 is 4.74 Å². The molecule has 0 amide bonds. The largest absolute Gasteiger partial charge is 0.380 e. The molecule has 2 aliphatic rings. The van der Waals surface area contributed by atoms with E-state index >= 15 is 0 Å². The van der Waals surface area contributed by atoms with E-state index in [-0.39, 0.29) is 0 Å². The number of benzene rings is 1. The Morgan fingerprint density at radius 1 is 1.30 bits per heavy atom. The van der Waals surface area contributed by atoms with Crippen molar-refractivity contribution in [3.8, 4) is 5.69 Å². The molecule has 0 aliphatic carbocycles. The Hall–Kier alpha value is -1.30. The fraction of sp³-hybridized carbons (Fsp3) is 0.500. The van der Waals surface area contributed by atoms with Gasteiger partial charge in [-0.15, -0.1) is 0 Å². The molecule has 1 aromatic heterocycles. The van der Waals surface area contributed by atoms with Gasteiger partial charge in [-0.2, -0.15) is 11.8 Å². The van der Waals surface area contributed by atoms with Gasteiger partial charge in [0.1, 0.15) is 5.82 Å². The molecule has 0 unspecified atom stereocenters. The molecule has 2 aliphatic heterocycles. The van der Waals surface area contributed by atoms with Crippen molar-refractivity contribution < 1.29 is 4.74 Å². The van der Waals surface area contributed by atoms with Gasteiger partial charge in [-0.05, 0) is 25.5 Å². The van der Waals surface area contributed by atoms with Crippen LogP contribution in [0.15, 0.2) is 36.5 Å². The number of aryl methyl sites for hydroxylation is 1. The van der Waals surface area contributed by atoms with Crippen LogP contribution in [0.1, 0.15) is 17.9 Å². The maximum atomic E-state index is 5.67. The van der Waals surface area contributed by atoms with Crippen LogP contribution in [-0.4, -0.2) is 51.3 Å². The van der Waals surface area contributed by atoms with Crippen molar-refractivity contribution in [3.63, 3.8) is 0 Å². The summed E-state index contributed by atoms with van der Waals surface area (Å²) in [5.41, 5.74) is 2.48. The van der Waals surface area contributed by atoms with Gasteiger partial charge in [-0.3, -0.25) is 9.47 Å². The highest BCUT2D eigenvalue weighted by atomic mass is 32.2. The molecule has 0 radical (unpaired) electrons. The number of hydrogen-bond donors (Lipinski definition) is 0. The maximum Gasteiger partial charge on any atom is 0.110 e. The van der Waals surface area contributed by atoms with Crippen LogP contribution in [-0.2, 0) is 11.3 Å². The van der Waals surface area contributed by atoms with Gasteiger partial charge in [0, 0.05) is 42.4 Å². The normalized spacial score (nSPS) is 25.3. The van der Waals surface area contributed by atoms with E-state index in [9.17, 15) is 0 Å². The summed E-state index contributed by atoms with van der Waals surface area (Å²) in [4.78, 5) is 7.21. The van der Waals surface area contributed by atoms with E-state index in [4.69, 9.17) is 4.74 Å². The first kappa shape index (κ1) is 15.2. The average Bonchev–Trinajstić information content (AvgIpc) is 2.96. The summed E-state index contributed by atoms with van der Waals surface area (Å²) in [5.74, 6) is 2.25. The number of aromatic nitrogens is 2. The quantitative estimate of drug-likeness (QED) is 0.866. The van der Waals surface area contributed by atoms with Gasteiger partial charge in [0.25, 0.3) is 0 Å². The molecule has 4 rings (SSSR count). The van der Waals surface area contributed by atoms with Gasteiger partial charge in [0.15, 0.2) is 0 Å². The minimum Gasteiger partial charge on any atom is -0.380 e. The molecule has 0 spiro atoms. The van der Waals surface area contributed by atoms with E-state index in [0.29, 0.717) is 11.3 Å². The summed E-state index contributed by atoms with van der Waals surface area (Å²) in [6.07, 6.45) is 3.19. The van der Waals surface area contributed by atoms with Crippen molar-refractivity contribution in [1.29, 1.82) is 0 Å². The fourth-order valence-electron chi connectivity index (χ4n) is 3.70. The van der Waals surface area contributed by atoms with Crippen molar-refractivity contribution in [3.05, 3.63) is 48.0 Å². The Labute approximate surface area is 141 Å². The van der Waals surface area contributed by atoms with Crippen LogP contribution in [0.25, 0.3) is 5.69 Å². The summed E-state index contributed by atoms with van der Waals surface area (Å²) in [7, 11) is 0. The van der Waals surface area contributed by atoms with Gasteiger partial charge in [0.05, 0.1) is 18.5 Å². The molecule has 1 aromatic carbocycles. The third-order valence-electron chi connectivity index (χ3n) is 4.84. The lowest BCUT2D eigenvalue weighted by molar-refractivity contribution is 0.0345. The summed E-state index contributed by atoms with van der Waals surface area (Å²) in [6, 6.07) is 11.2. The van der Waals surface area contributed by atoms with E-state index < -0.39 is 0 Å². The third kappa shape index (κ3) is 3.05. The van der Waals surface area contributed by atoms with E-state index in [2.05, 4.69) is 63.5 Å². The molecular weight excluding hydrogens is 306 g/mol. The van der Waals surface area contributed by atoms with Crippen molar-refractivity contribution in [1.82, 2.24) is 14.5 Å². The second-order valence-corrected chi connectivity index (χ2v) is 7.63. The zero-order valence-corrected chi connectivity index (χ0v) is 14.3. The van der Waals surface area contributed by atoms with E-state index in [1.165, 1.54) is 17.1 Å². The number of rotatable bonds is 3. The van der Waals surface area contributed by atoms with Crippen LogP contribution in [0.2, 0.25) is 0 Å². The Bertz CT molecular complexity index is 656. The molecular formula is C18H23N3OS. The highest BCUT2D eigenvalue weighted by Crippen LogP contribution is 2.31. The van der Waals surface area contributed by atoms with Crippen molar-refractivity contribution >= 4 is 11.8 Å². The Balaban J connectivity index is 1.59. The number of thioether (sulfide) groups is 1. The summed E-state index contributed by atoms with van der Waals surface area (Å²) < 4.78 is 7.96. The predicted octanol–water partition coefficient (Wildman–Crippen LogP) is 2.89. The molecule has 23 heavy (non-hydrogen) atoms. The third-order valence-corrected chi connectivity index (χ3v) is 6.14. The lowest BCUT2D eigenvalue weighted by Crippen LogP contribution is -2.51. The second-order valence-electron chi connectivity index (χ2n) is 6.28. The van der Waals surface area contributed by atoms with Gasteiger partial charge >= 0.3 is 0 Å². The first-order chi connectivity index (χ1) is 11.3. The standard InChI is InChI=1S/C18H23N3OS/c1-14-19-11-16(21(14)15-5-3-2-4-6-15)12-20-8-10-23-18-13-22-9-7-17(18)20/h2-6,11,17-18H,7-10,12-13H2,1H3/t17-,18-/m1/s1. The molecule has 0 bridgehead atoms. The van der Waals surface area contributed by atoms with Crippen molar-refractivity contribution in [2.24, 2.45) is 0 Å². The zero-order valence-electron chi connectivity index (χ0n) is 13.5. The van der Waals surface area contributed by atoms with E-state index in [0.717, 1.165) is 38.5 Å². The molecule has 5 heteroatoms. The number of para-hydroxylation sites is 1. The lowest BCUT2D eigenvalue weighted by atomic mass is 10.1. The lowest BCUT2D eigenvalue weighted by Gasteiger charge is -2.43. The smallest absolute Gasteiger partial charge is 0.110 e. The number of hydrogen-bond acceptors (Lipinski definition) is 4. The van der Waals surface area contributed by atoms with Crippen molar-refractivity contribution in [2.45, 2.75) is 31.2 Å². The second kappa shape index (κ2) is 6.67. The molecule has 2 atom stereocenters. The molecule has 122 valence electrons. The maximum absolute atomic E-state index is 5.67. The van der Waals surface area contributed by atoms with Crippen LogP contribution in [0.5, 0.6) is 0 Å². The molecule has 2 aromatic rings. The fourth-order valence-corrected chi connectivity index (χ4v) is 5.07. The topological polar surface area (TPSA) is 30.3 Å². The van der Waals surface area contributed by atoms with Gasteiger partial charge in [-0.1, -0.05) is 18.2 Å².